The van der Waals surface area contributed by atoms with E-state index in [0.717, 1.165) is 39.0 Å². The van der Waals surface area contributed by atoms with Crippen LogP contribution in [0.15, 0.2) is 30.3 Å². The maximum absolute atomic E-state index is 12.3. The van der Waals surface area contributed by atoms with Crippen LogP contribution in [-0.4, -0.2) is 38.0 Å². The van der Waals surface area contributed by atoms with Gasteiger partial charge < -0.3 is 10.2 Å². The third-order valence-corrected chi connectivity index (χ3v) is 3.72. The summed E-state index contributed by atoms with van der Waals surface area (Å²) in [6, 6.07) is 10.3. The molecule has 0 fully saturated rings. The molecule has 1 aromatic rings. The summed E-state index contributed by atoms with van der Waals surface area (Å²) in [5.41, 5.74) is 1.29. The summed E-state index contributed by atoms with van der Waals surface area (Å²) in [7, 11) is 2.08. The molecule has 0 aromatic heterocycles. The molecule has 2 nitrogen and oxygen atoms in total. The van der Waals surface area contributed by atoms with Crippen LogP contribution >= 0.6 is 0 Å². The molecule has 0 aliphatic rings. The van der Waals surface area contributed by atoms with Crippen molar-refractivity contribution < 1.29 is 8.78 Å². The fourth-order valence-corrected chi connectivity index (χ4v) is 2.18. The molecule has 1 rings (SSSR count). The van der Waals surface area contributed by atoms with E-state index in [-0.39, 0.29) is 0 Å². The van der Waals surface area contributed by atoms with Gasteiger partial charge in [0.15, 0.2) is 0 Å². The quantitative estimate of drug-likeness (QED) is 0.625. The Labute approximate surface area is 127 Å². The van der Waals surface area contributed by atoms with Gasteiger partial charge in [-0.15, -0.1) is 0 Å². The normalized spacial score (nSPS) is 13.0. The van der Waals surface area contributed by atoms with Gasteiger partial charge in [-0.05, 0) is 32.0 Å². The van der Waals surface area contributed by atoms with Crippen molar-refractivity contribution in [3.05, 3.63) is 35.9 Å². The number of likely N-dealkylation sites (N-methyl/N-ethyl adjacent to an activating group) is 1. The van der Waals surface area contributed by atoms with Crippen molar-refractivity contribution in [2.75, 3.05) is 26.7 Å². The van der Waals surface area contributed by atoms with E-state index in [2.05, 4.69) is 29.4 Å². The highest BCUT2D eigenvalue weighted by atomic mass is 19.3. The monoisotopic (exact) mass is 298 g/mol. The van der Waals surface area contributed by atoms with Crippen LogP contribution < -0.4 is 5.32 Å². The number of unbranched alkanes of at least 4 members (excludes halogenated alkanes) is 1. The first-order valence-corrected chi connectivity index (χ1v) is 7.81. The van der Waals surface area contributed by atoms with Gasteiger partial charge in [0.2, 0.25) is 6.43 Å². The second kappa shape index (κ2) is 10.7. The predicted molar refractivity (Wildman–Crippen MR) is 84.7 cm³/mol. The Morgan fingerprint density at radius 1 is 1.10 bits per heavy atom. The Kier molecular flexibility index (Phi) is 9.19. The van der Waals surface area contributed by atoms with Crippen LogP contribution in [0.25, 0.3) is 0 Å². The molecule has 0 radical (unpaired) electrons. The van der Waals surface area contributed by atoms with Gasteiger partial charge in [0.25, 0.3) is 0 Å². The highest BCUT2D eigenvalue weighted by Gasteiger charge is 2.13. The van der Waals surface area contributed by atoms with Crippen LogP contribution in [0.5, 0.6) is 0 Å². The number of nitrogens with one attached hydrogen (secondary N) is 1. The molecule has 120 valence electrons. The van der Waals surface area contributed by atoms with Crippen LogP contribution in [-0.2, 0) is 6.54 Å². The Morgan fingerprint density at radius 3 is 2.48 bits per heavy atom. The van der Waals surface area contributed by atoms with Crippen molar-refractivity contribution in [3.8, 4) is 0 Å². The van der Waals surface area contributed by atoms with E-state index >= 15 is 0 Å². The zero-order valence-corrected chi connectivity index (χ0v) is 13.2. The SMILES string of the molecule is CC(CCCCN(C)CCNCc1ccccc1)C(F)F. The zero-order chi connectivity index (χ0) is 15.5. The second-order valence-corrected chi connectivity index (χ2v) is 5.77. The van der Waals surface area contributed by atoms with Gasteiger partial charge in [0, 0.05) is 25.6 Å². The molecular weight excluding hydrogens is 270 g/mol. The summed E-state index contributed by atoms with van der Waals surface area (Å²) in [5, 5.41) is 3.42. The molecule has 0 heterocycles. The lowest BCUT2D eigenvalue weighted by atomic mass is 10.0. The number of rotatable bonds is 11. The standard InChI is InChI=1S/C17H28F2N2/c1-15(17(18)19)8-6-7-12-21(2)13-11-20-14-16-9-4-3-5-10-16/h3-5,9-10,15,17,20H,6-8,11-14H2,1-2H3. The molecule has 0 spiro atoms. The maximum Gasteiger partial charge on any atom is 0.241 e. The van der Waals surface area contributed by atoms with Crippen molar-refractivity contribution in [1.82, 2.24) is 10.2 Å². The van der Waals surface area contributed by atoms with E-state index in [0.29, 0.717) is 6.42 Å². The minimum absolute atomic E-state index is 0.470. The van der Waals surface area contributed by atoms with Crippen molar-refractivity contribution in [2.24, 2.45) is 5.92 Å². The van der Waals surface area contributed by atoms with Gasteiger partial charge in [-0.2, -0.15) is 0 Å². The Hall–Kier alpha value is -1.00. The average Bonchev–Trinajstić information content (AvgIpc) is 2.49. The second-order valence-electron chi connectivity index (χ2n) is 5.77. The summed E-state index contributed by atoms with van der Waals surface area (Å²) >= 11 is 0. The fourth-order valence-electron chi connectivity index (χ4n) is 2.18. The van der Waals surface area contributed by atoms with Gasteiger partial charge in [0.1, 0.15) is 0 Å². The fraction of sp³-hybridized carbons (Fsp3) is 0.647. The smallest absolute Gasteiger partial charge is 0.241 e. The predicted octanol–water partition coefficient (Wildman–Crippen LogP) is 3.78. The summed E-state index contributed by atoms with van der Waals surface area (Å²) in [5.74, 6) is -0.470. The minimum Gasteiger partial charge on any atom is -0.311 e. The molecule has 0 aliphatic carbocycles. The summed E-state index contributed by atoms with van der Waals surface area (Å²) in [4.78, 5) is 2.25. The highest BCUT2D eigenvalue weighted by molar-refractivity contribution is 5.14. The van der Waals surface area contributed by atoms with E-state index in [1.807, 2.05) is 18.2 Å². The van der Waals surface area contributed by atoms with Gasteiger partial charge in [0.05, 0.1) is 0 Å². The molecule has 21 heavy (non-hydrogen) atoms. The molecule has 1 atom stereocenters. The molecule has 0 bridgehead atoms. The maximum atomic E-state index is 12.3. The van der Waals surface area contributed by atoms with Crippen LogP contribution in [0.1, 0.15) is 31.7 Å². The summed E-state index contributed by atoms with van der Waals surface area (Å²) in [6.45, 7) is 5.42. The molecule has 4 heteroatoms. The van der Waals surface area contributed by atoms with Crippen LogP contribution in [0, 0.1) is 5.92 Å². The van der Waals surface area contributed by atoms with Crippen molar-refractivity contribution in [1.29, 1.82) is 0 Å². The third kappa shape index (κ3) is 8.79. The first-order chi connectivity index (χ1) is 10.1. The number of hydrogen-bond acceptors (Lipinski definition) is 2. The van der Waals surface area contributed by atoms with E-state index in [1.54, 1.807) is 6.92 Å². The molecule has 0 saturated heterocycles. The third-order valence-electron chi connectivity index (χ3n) is 3.72. The van der Waals surface area contributed by atoms with Crippen LogP contribution in [0.3, 0.4) is 0 Å². The highest BCUT2D eigenvalue weighted by Crippen LogP contribution is 2.15. The zero-order valence-electron chi connectivity index (χ0n) is 13.2. The molecular formula is C17H28F2N2. The lowest BCUT2D eigenvalue weighted by Gasteiger charge is -2.17. The first-order valence-electron chi connectivity index (χ1n) is 7.81. The van der Waals surface area contributed by atoms with E-state index in [9.17, 15) is 8.78 Å². The van der Waals surface area contributed by atoms with Crippen LogP contribution in [0.2, 0.25) is 0 Å². The number of halogens is 2. The van der Waals surface area contributed by atoms with Gasteiger partial charge in [-0.3, -0.25) is 0 Å². The number of hydrogen-bond donors (Lipinski definition) is 1. The van der Waals surface area contributed by atoms with E-state index in [1.165, 1.54) is 5.56 Å². The molecule has 1 aromatic carbocycles. The van der Waals surface area contributed by atoms with Crippen LogP contribution in [0.4, 0.5) is 8.78 Å². The Morgan fingerprint density at radius 2 is 1.81 bits per heavy atom. The van der Waals surface area contributed by atoms with Gasteiger partial charge in [-0.1, -0.05) is 43.7 Å². The van der Waals surface area contributed by atoms with E-state index in [4.69, 9.17) is 0 Å². The Bertz CT molecular complexity index is 357. The van der Waals surface area contributed by atoms with Crippen molar-refractivity contribution in [2.45, 2.75) is 39.2 Å². The molecule has 0 saturated carbocycles. The average molecular weight is 298 g/mol. The topological polar surface area (TPSA) is 15.3 Å². The summed E-state index contributed by atoms with van der Waals surface area (Å²) < 4.78 is 24.7. The number of nitrogens with zero attached hydrogens (tertiary/aromatic N) is 1. The number of benzene rings is 1. The van der Waals surface area contributed by atoms with Crippen molar-refractivity contribution in [3.63, 3.8) is 0 Å². The molecule has 1 unspecified atom stereocenters. The molecule has 0 aliphatic heterocycles. The van der Waals surface area contributed by atoms with Crippen molar-refractivity contribution >= 4 is 0 Å². The first kappa shape index (κ1) is 18.1. The van der Waals surface area contributed by atoms with Gasteiger partial charge >= 0.3 is 0 Å². The minimum atomic E-state index is -2.18. The Balaban J connectivity index is 1.98. The molecule has 1 N–H and O–H groups in total. The molecule has 0 amide bonds. The lowest BCUT2D eigenvalue weighted by Crippen LogP contribution is -2.29. The van der Waals surface area contributed by atoms with E-state index < -0.39 is 12.3 Å². The summed E-state index contributed by atoms with van der Waals surface area (Å²) in [6.07, 6.45) is 0.321. The largest absolute Gasteiger partial charge is 0.311 e. The lowest BCUT2D eigenvalue weighted by molar-refractivity contribution is 0.0801. The number of alkyl halides is 2. The van der Waals surface area contributed by atoms with Gasteiger partial charge in [-0.25, -0.2) is 8.78 Å².